The third kappa shape index (κ3) is 7.81. The van der Waals surface area contributed by atoms with Gasteiger partial charge in [-0.25, -0.2) is 8.42 Å². The van der Waals surface area contributed by atoms with Gasteiger partial charge in [0.2, 0.25) is 0 Å². The number of rotatable bonds is 8. The van der Waals surface area contributed by atoms with Crippen LogP contribution in [0.1, 0.15) is 0 Å². The smallest absolute Gasteiger partial charge is 0.691 e. The minimum Gasteiger partial charge on any atom is -0.691 e. The number of halogens is 1. The van der Waals surface area contributed by atoms with Crippen LogP contribution in [0.2, 0.25) is 0 Å². The van der Waals surface area contributed by atoms with Crippen molar-refractivity contribution in [3.05, 3.63) is 36.4 Å². The van der Waals surface area contributed by atoms with Crippen molar-refractivity contribution in [2.75, 3.05) is 11.6 Å². The monoisotopic (exact) mass is 505 g/mol. The number of nitrogens with zero attached hydrogens (tertiary/aromatic N) is 2. The van der Waals surface area contributed by atoms with E-state index in [1.165, 1.54) is 30.3 Å². The van der Waals surface area contributed by atoms with Crippen molar-refractivity contribution in [1.82, 2.24) is 0 Å². The van der Waals surface area contributed by atoms with Gasteiger partial charge in [0, 0.05) is 33.9 Å². The molecule has 0 aromatic heterocycles. The minimum atomic E-state index is -3.60. The molecule has 151 valence electrons. The first-order chi connectivity index (χ1) is 12.4. The zero-order valence-corrected chi connectivity index (χ0v) is 19.5. The molecule has 0 aliphatic carbocycles. The molecule has 14 heteroatoms. The van der Waals surface area contributed by atoms with E-state index in [2.05, 4.69) is 19.6 Å². The van der Waals surface area contributed by atoms with Crippen LogP contribution >= 0.6 is 23.6 Å². The summed E-state index contributed by atoms with van der Waals surface area (Å²) in [5, 5.41) is 40.3. The predicted molar refractivity (Wildman–Crippen MR) is 91.2 cm³/mol. The average molecular weight is 506 g/mol. The summed E-state index contributed by atoms with van der Waals surface area (Å²) >= 11 is 6.05. The molecule has 2 rings (SSSR count). The van der Waals surface area contributed by atoms with Crippen LogP contribution in [0.25, 0.3) is 0 Å². The van der Waals surface area contributed by atoms with Crippen LogP contribution in [-0.4, -0.2) is 30.3 Å². The summed E-state index contributed by atoms with van der Waals surface area (Å²) in [4.78, 5) is 0.310. The maximum atomic E-state index is 11.9. The van der Waals surface area contributed by atoms with Crippen LogP contribution in [0, 0.1) is 0 Å². The molecule has 0 atom stereocenters. The Hall–Kier alpha value is -0.371. The van der Waals surface area contributed by atoms with Crippen LogP contribution in [0.4, 0.5) is 11.4 Å². The molecule has 2 N–H and O–H groups in total. The fourth-order valence-corrected chi connectivity index (χ4v) is 3.80. The van der Waals surface area contributed by atoms with Gasteiger partial charge in [0.05, 0.1) is 22.7 Å². The van der Waals surface area contributed by atoms with Crippen LogP contribution in [0.5, 0.6) is 11.5 Å². The van der Waals surface area contributed by atoms with Crippen molar-refractivity contribution in [3.8, 4) is 11.5 Å². The molecule has 0 spiro atoms. The number of alkyl halides is 1. The topological polar surface area (TPSA) is 141 Å². The van der Waals surface area contributed by atoms with E-state index >= 15 is 0 Å². The first-order valence-corrected chi connectivity index (χ1v) is 9.80. The number of phenols is 2. The Morgan fingerprint density at radius 3 is 2.36 bits per heavy atom. The molecule has 0 unspecified atom stereocenters. The van der Waals surface area contributed by atoms with Gasteiger partial charge in [0.15, 0.2) is 9.84 Å². The Labute approximate surface area is 202 Å². The molecule has 0 saturated heterocycles. The summed E-state index contributed by atoms with van der Waals surface area (Å²) in [5.74, 6) is -0.943. The molecule has 9 nitrogen and oxygen atoms in total. The van der Waals surface area contributed by atoms with Gasteiger partial charge >= 0.3 is 29.6 Å². The normalized spacial score (nSPS) is 11.1. The van der Waals surface area contributed by atoms with E-state index in [4.69, 9.17) is 11.6 Å². The van der Waals surface area contributed by atoms with Gasteiger partial charge in [-0.2, -0.15) is 4.33 Å². The maximum absolute atomic E-state index is 11.9. The van der Waals surface area contributed by atoms with Crippen molar-refractivity contribution < 1.29 is 79.9 Å². The molecule has 0 aliphatic rings. The molecule has 0 aliphatic heterocycles. The Bertz CT molecular complexity index is 919. The van der Waals surface area contributed by atoms with Gasteiger partial charge in [-0.15, -0.1) is 21.8 Å². The molecular weight excluding hydrogens is 494 g/mol. The zero-order chi connectivity index (χ0) is 19.2. The zero-order valence-electron chi connectivity index (χ0n) is 14.2. The average Bonchev–Trinajstić information content (AvgIpc) is 2.60. The van der Waals surface area contributed by atoms with Crippen LogP contribution < -0.4 is 34.8 Å². The molecule has 0 fully saturated rings. The molecule has 1 radical (unpaired) electrons. The number of aromatic hydroxyl groups is 2. The standard InChI is InChI=1S/C14H13ClN2O7S2.Cu.Na/c15-5-6-26(21,22)10-2-3-11(14(19)8-10)16-17-12-7-9(25-24-23-20)1-4-13(12)18;;/h1-4,7-8,18-20H,5-6H2;;/q;;+1/p-1. The van der Waals surface area contributed by atoms with Gasteiger partial charge in [-0.1, -0.05) is 0 Å². The number of hydrogen-bond donors (Lipinski definition) is 2. The molecule has 2 aromatic carbocycles. The number of phenolic OH excluding ortho intramolecular Hbond substituents is 2. The Balaban J connectivity index is 0.00000364. The van der Waals surface area contributed by atoms with Crippen molar-refractivity contribution >= 4 is 44.9 Å². The van der Waals surface area contributed by atoms with Gasteiger partial charge in [0.1, 0.15) is 22.9 Å². The molecule has 0 amide bonds. The Morgan fingerprint density at radius 2 is 1.75 bits per heavy atom. The number of azo groups is 1. The summed E-state index contributed by atoms with van der Waals surface area (Å²) in [6.45, 7) is 0. The van der Waals surface area contributed by atoms with Gasteiger partial charge < -0.3 is 15.5 Å². The SMILES string of the molecule is O=S(=O)(CCCl)c1ccc(N=Nc2cc(SOO[O-])ccc2O)c(O)c1.[Cu].[Na+]. The van der Waals surface area contributed by atoms with Crippen molar-refractivity contribution in [1.29, 1.82) is 0 Å². The van der Waals surface area contributed by atoms with E-state index in [0.29, 0.717) is 16.9 Å². The summed E-state index contributed by atoms with van der Waals surface area (Å²) in [5.41, 5.74) is 0.0224. The third-order valence-corrected chi connectivity index (χ3v) is 5.72. The summed E-state index contributed by atoms with van der Waals surface area (Å²) in [6.07, 6.45) is 0. The first kappa shape index (κ1) is 27.6. The van der Waals surface area contributed by atoms with E-state index in [9.17, 15) is 23.9 Å². The predicted octanol–water partition coefficient (Wildman–Crippen LogP) is -0.242. The van der Waals surface area contributed by atoms with Crippen molar-refractivity contribution in [3.63, 3.8) is 0 Å². The second-order valence-corrected chi connectivity index (χ2v) is 7.99. The minimum absolute atomic E-state index is 0. The van der Waals surface area contributed by atoms with Crippen LogP contribution in [-0.2, 0) is 36.3 Å². The second-order valence-electron chi connectivity index (χ2n) is 4.73. The fourth-order valence-electron chi connectivity index (χ4n) is 1.80. The number of hydrogen-bond acceptors (Lipinski definition) is 10. The fraction of sp³-hybridized carbons (Fsp3) is 0.143. The quantitative estimate of drug-likeness (QED) is 0.125. The van der Waals surface area contributed by atoms with E-state index < -0.39 is 15.6 Å². The summed E-state index contributed by atoms with van der Waals surface area (Å²) < 4.78 is 28.0. The molecule has 28 heavy (non-hydrogen) atoms. The Morgan fingerprint density at radius 1 is 1.07 bits per heavy atom. The number of sulfone groups is 1. The largest absolute Gasteiger partial charge is 1.00 e. The Kier molecular flexibility index (Phi) is 12.9. The van der Waals surface area contributed by atoms with Gasteiger partial charge in [-0.05, 0) is 30.3 Å². The third-order valence-electron chi connectivity index (χ3n) is 3.02. The van der Waals surface area contributed by atoms with E-state index in [1.807, 2.05) is 0 Å². The van der Waals surface area contributed by atoms with Crippen molar-refractivity contribution in [2.24, 2.45) is 10.2 Å². The van der Waals surface area contributed by atoms with E-state index in [0.717, 1.165) is 6.07 Å². The van der Waals surface area contributed by atoms with Crippen LogP contribution in [0.15, 0.2) is 56.4 Å². The van der Waals surface area contributed by atoms with Crippen LogP contribution in [0.3, 0.4) is 0 Å². The maximum Gasteiger partial charge on any atom is 1.00 e. The summed E-state index contributed by atoms with van der Waals surface area (Å²) in [6, 6.07) is 7.69. The second kappa shape index (κ2) is 13.0. The van der Waals surface area contributed by atoms with Crippen molar-refractivity contribution in [2.45, 2.75) is 9.79 Å². The van der Waals surface area contributed by atoms with E-state index in [1.54, 1.807) is 0 Å². The molecule has 0 bridgehead atoms. The molecule has 2 aromatic rings. The number of benzene rings is 2. The van der Waals surface area contributed by atoms with E-state index in [-0.39, 0.29) is 80.3 Å². The summed E-state index contributed by atoms with van der Waals surface area (Å²) in [7, 11) is -3.60. The molecular formula is C14H12ClCuN2NaO7S2. The first-order valence-electron chi connectivity index (χ1n) is 6.87. The molecule has 0 saturated carbocycles. The molecule has 0 heterocycles. The van der Waals surface area contributed by atoms with Gasteiger partial charge in [-0.3, -0.25) is 5.04 Å². The van der Waals surface area contributed by atoms with Gasteiger partial charge in [0.25, 0.3) is 0 Å².